The summed E-state index contributed by atoms with van der Waals surface area (Å²) in [5.41, 5.74) is 0.266. The van der Waals surface area contributed by atoms with E-state index in [1.807, 2.05) is 94.1 Å². The first kappa shape index (κ1) is 42.4. The Hall–Kier alpha value is -4.03. The Bertz CT molecular complexity index is 1780. The number of carbonyl (C=O) groups is 4. The molecule has 0 radical (unpaired) electrons. The van der Waals surface area contributed by atoms with Crippen LogP contribution in [-0.4, -0.2) is 63.9 Å². The lowest BCUT2D eigenvalue weighted by atomic mass is 9.62. The van der Waals surface area contributed by atoms with Crippen LogP contribution in [-0.2, 0) is 31.6 Å². The monoisotopic (exact) mass is 750 g/mol. The first-order valence-corrected chi connectivity index (χ1v) is 17.7. The molecule has 3 atom stereocenters. The largest absolute Gasteiger partial charge is 0.458 e. The molecule has 1 aromatic heterocycles. The Morgan fingerprint density at radius 3 is 2.17 bits per heavy atom. The molecule has 12 heteroatoms. The van der Waals surface area contributed by atoms with Gasteiger partial charge >= 0.3 is 5.97 Å². The van der Waals surface area contributed by atoms with E-state index in [4.69, 9.17) is 4.74 Å². The minimum atomic E-state index is -1.13. The molecule has 52 heavy (non-hydrogen) atoms. The van der Waals surface area contributed by atoms with E-state index < -0.39 is 34.9 Å². The quantitative estimate of drug-likeness (QED) is 0.295. The number of nitrogens with one attached hydrogen (secondary N) is 2. The molecule has 0 bridgehead atoms. The molecule has 0 spiro atoms. The molecule has 3 amide bonds. The molecule has 2 N–H and O–H groups in total. The van der Waals surface area contributed by atoms with Crippen molar-refractivity contribution in [2.75, 3.05) is 13.1 Å². The van der Waals surface area contributed by atoms with Gasteiger partial charge in [0.15, 0.2) is 0 Å². The predicted molar refractivity (Wildman–Crippen MR) is 212 cm³/mol. The molecular formula is C40H54N4O6S2. The number of ether oxygens (including phenoxy) is 1. The van der Waals surface area contributed by atoms with Crippen LogP contribution in [0.3, 0.4) is 0 Å². The number of nitrogens with zero attached hydrogens (tertiary/aromatic N) is 2. The summed E-state index contributed by atoms with van der Waals surface area (Å²) in [5.74, 6) is -1.49. The van der Waals surface area contributed by atoms with Gasteiger partial charge in [0.2, 0.25) is 11.8 Å². The van der Waals surface area contributed by atoms with Gasteiger partial charge in [-0.05, 0) is 87.6 Å². The minimum Gasteiger partial charge on any atom is -0.458 e. The van der Waals surface area contributed by atoms with Crippen molar-refractivity contribution in [2.24, 2.45) is 13.0 Å². The van der Waals surface area contributed by atoms with Crippen LogP contribution in [0.1, 0.15) is 99.7 Å². The number of hydrogen-bond donors (Lipinski definition) is 2. The third kappa shape index (κ3) is 9.30. The summed E-state index contributed by atoms with van der Waals surface area (Å²) in [6, 6.07) is 19.5. The lowest BCUT2D eigenvalue weighted by molar-refractivity contribution is -0.159. The molecule has 282 valence electrons. The first-order valence-electron chi connectivity index (χ1n) is 17.7. The summed E-state index contributed by atoms with van der Waals surface area (Å²) in [7, 11) is 1.61. The molecule has 10 nitrogen and oxygen atoms in total. The number of aryl methyl sites for hydroxylation is 1. The zero-order chi connectivity index (χ0) is 36.2. The van der Waals surface area contributed by atoms with Crippen molar-refractivity contribution in [2.45, 2.75) is 95.7 Å². The fourth-order valence-corrected chi connectivity index (χ4v) is 7.32. The minimum absolute atomic E-state index is 0. The van der Waals surface area contributed by atoms with E-state index in [-0.39, 0.29) is 61.9 Å². The molecule has 2 heterocycles. The average molecular weight is 751 g/mol. The van der Waals surface area contributed by atoms with Crippen LogP contribution in [0.25, 0.3) is 0 Å². The van der Waals surface area contributed by atoms with Gasteiger partial charge < -0.3 is 24.8 Å². The second kappa shape index (κ2) is 17.7. The highest BCUT2D eigenvalue weighted by molar-refractivity contribution is 7.59. The number of pyridine rings is 1. The van der Waals surface area contributed by atoms with Crippen LogP contribution in [0.15, 0.2) is 77.7 Å². The van der Waals surface area contributed by atoms with Gasteiger partial charge in [-0.25, -0.2) is 4.79 Å². The highest BCUT2D eigenvalue weighted by Crippen LogP contribution is 2.48. The molecule has 5 rings (SSSR count). The van der Waals surface area contributed by atoms with E-state index in [9.17, 15) is 24.0 Å². The zero-order valence-electron chi connectivity index (χ0n) is 31.0. The number of rotatable bonds is 9. The van der Waals surface area contributed by atoms with Crippen LogP contribution in [0.4, 0.5) is 0 Å². The molecule has 1 fully saturated rings. The maximum atomic E-state index is 14.7. The molecule has 2 aliphatic rings. The SMILES string of the molecule is CC(C)C[C@H](NC(=O)[C@@]1(c2ccccc2)CC[C@H](C(=O)N2CCC(NC(=O)c3cccn(C)c3=O)CC2)c2ccccc21)C(=O)OC(C)(C)C.S.S. The van der Waals surface area contributed by atoms with E-state index >= 15 is 0 Å². The topological polar surface area (TPSA) is 127 Å². The van der Waals surface area contributed by atoms with Crippen molar-refractivity contribution >= 4 is 50.7 Å². The average Bonchev–Trinajstić information content (AvgIpc) is 3.08. The standard InChI is InChI=1S/C40H50N4O6.2H2S/c1-26(2)25-33(37(48)50-39(3,4)5)42-38(49)40(27-13-8-7-9-14-27)21-18-30(29-15-10-11-17-32(29)40)36(47)44-23-19-28(20-24-44)41-34(45)31-16-12-22-43(6)35(31)46;;/h7-17,22,26,28,30,33H,18-21,23-25H2,1-6H3,(H,41,45)(H,42,49);2*1H2/t30-,33-,40+;;/m0../s1. The molecule has 2 aromatic carbocycles. The van der Waals surface area contributed by atoms with Crippen molar-refractivity contribution in [3.8, 4) is 0 Å². The van der Waals surface area contributed by atoms with Gasteiger partial charge in [0, 0.05) is 32.4 Å². The van der Waals surface area contributed by atoms with Crippen LogP contribution in [0.2, 0.25) is 0 Å². The van der Waals surface area contributed by atoms with Crippen LogP contribution in [0.5, 0.6) is 0 Å². The lowest BCUT2D eigenvalue weighted by Crippen LogP contribution is -2.55. The van der Waals surface area contributed by atoms with Gasteiger partial charge in [-0.3, -0.25) is 19.2 Å². The number of esters is 1. The third-order valence-electron chi connectivity index (χ3n) is 9.77. The lowest BCUT2D eigenvalue weighted by Gasteiger charge is -2.43. The van der Waals surface area contributed by atoms with Gasteiger partial charge in [0.1, 0.15) is 17.2 Å². The fraction of sp³-hybridized carbons (Fsp3) is 0.475. The Balaban J connectivity index is 0.00000364. The van der Waals surface area contributed by atoms with E-state index in [1.165, 1.54) is 10.6 Å². The van der Waals surface area contributed by atoms with Crippen LogP contribution < -0.4 is 16.2 Å². The van der Waals surface area contributed by atoms with Crippen molar-refractivity contribution in [3.63, 3.8) is 0 Å². The smallest absolute Gasteiger partial charge is 0.329 e. The summed E-state index contributed by atoms with van der Waals surface area (Å²) in [6.45, 7) is 10.4. The second-order valence-electron chi connectivity index (χ2n) is 15.0. The number of hydrogen-bond acceptors (Lipinski definition) is 6. The van der Waals surface area contributed by atoms with Crippen molar-refractivity contribution in [3.05, 3.63) is 106 Å². The normalized spacial score (nSPS) is 19.3. The van der Waals surface area contributed by atoms with Crippen LogP contribution in [0, 0.1) is 5.92 Å². The molecular weight excluding hydrogens is 697 g/mol. The van der Waals surface area contributed by atoms with Gasteiger partial charge in [-0.1, -0.05) is 68.4 Å². The van der Waals surface area contributed by atoms with Crippen molar-refractivity contribution < 1.29 is 23.9 Å². The van der Waals surface area contributed by atoms with E-state index in [2.05, 4.69) is 10.6 Å². The zero-order valence-corrected chi connectivity index (χ0v) is 33.0. The number of amides is 3. The summed E-state index contributed by atoms with van der Waals surface area (Å²) in [6.07, 6.45) is 3.97. The highest BCUT2D eigenvalue weighted by Gasteiger charge is 2.50. The Kier molecular flexibility index (Phi) is 14.4. The summed E-state index contributed by atoms with van der Waals surface area (Å²) in [5, 5.41) is 6.08. The van der Waals surface area contributed by atoms with Gasteiger partial charge in [0.05, 0.1) is 11.3 Å². The van der Waals surface area contributed by atoms with Gasteiger partial charge in [-0.2, -0.15) is 27.0 Å². The second-order valence-corrected chi connectivity index (χ2v) is 15.0. The Labute approximate surface area is 321 Å². The van der Waals surface area contributed by atoms with Crippen molar-refractivity contribution in [1.82, 2.24) is 20.1 Å². The fourth-order valence-electron chi connectivity index (χ4n) is 7.32. The third-order valence-corrected chi connectivity index (χ3v) is 9.77. The summed E-state index contributed by atoms with van der Waals surface area (Å²) >= 11 is 0. The maximum absolute atomic E-state index is 14.7. The number of fused-ring (bicyclic) bond motifs is 1. The number of carbonyl (C=O) groups excluding carboxylic acids is 4. The number of benzene rings is 2. The molecule has 1 aliphatic carbocycles. The Morgan fingerprint density at radius 1 is 0.904 bits per heavy atom. The number of likely N-dealkylation sites (tertiary alicyclic amines) is 1. The maximum Gasteiger partial charge on any atom is 0.329 e. The van der Waals surface area contributed by atoms with Gasteiger partial charge in [0.25, 0.3) is 11.5 Å². The molecule has 0 saturated carbocycles. The van der Waals surface area contributed by atoms with E-state index in [0.717, 1.165) is 16.7 Å². The molecule has 3 aromatic rings. The van der Waals surface area contributed by atoms with Gasteiger partial charge in [-0.15, -0.1) is 0 Å². The Morgan fingerprint density at radius 2 is 1.54 bits per heavy atom. The number of piperidine rings is 1. The highest BCUT2D eigenvalue weighted by atomic mass is 32.1. The number of aromatic nitrogens is 1. The van der Waals surface area contributed by atoms with Crippen molar-refractivity contribution in [1.29, 1.82) is 0 Å². The molecule has 1 aliphatic heterocycles. The first-order chi connectivity index (χ1) is 23.7. The van der Waals surface area contributed by atoms with E-state index in [0.29, 0.717) is 45.2 Å². The summed E-state index contributed by atoms with van der Waals surface area (Å²) in [4.78, 5) is 69.5. The van der Waals surface area contributed by atoms with Crippen LogP contribution >= 0.6 is 27.0 Å². The molecule has 0 unspecified atom stereocenters. The van der Waals surface area contributed by atoms with E-state index in [1.54, 1.807) is 19.3 Å². The predicted octanol–water partition coefficient (Wildman–Crippen LogP) is 5.07. The molecule has 1 saturated heterocycles. The summed E-state index contributed by atoms with van der Waals surface area (Å²) < 4.78 is 7.11.